The minimum atomic E-state index is 0.316. The van der Waals surface area contributed by atoms with Crippen LogP contribution < -0.4 is 0 Å². The lowest BCUT2D eigenvalue weighted by atomic mass is 10.1. The molecule has 0 aromatic carbocycles. The summed E-state index contributed by atoms with van der Waals surface area (Å²) in [6.07, 6.45) is 0.316. The number of aryl methyl sites for hydroxylation is 2. The van der Waals surface area contributed by atoms with Crippen molar-refractivity contribution in [3.05, 3.63) is 17.0 Å². The zero-order valence-corrected chi connectivity index (χ0v) is 13.2. The zero-order chi connectivity index (χ0) is 14.8. The van der Waals surface area contributed by atoms with Crippen LogP contribution in [0.5, 0.6) is 0 Å². The quantitative estimate of drug-likeness (QED) is 0.802. The lowest BCUT2D eigenvalue weighted by Crippen LogP contribution is -2.50. The summed E-state index contributed by atoms with van der Waals surface area (Å²) in [7, 11) is 1.75. The summed E-state index contributed by atoms with van der Waals surface area (Å²) in [4.78, 5) is 4.96. The lowest BCUT2D eigenvalue weighted by molar-refractivity contribution is -0.0506. The number of nitrogens with zero attached hydrogens (tertiary/aromatic N) is 3. The molecule has 3 rings (SSSR count). The van der Waals surface area contributed by atoms with Gasteiger partial charge in [-0.05, 0) is 13.8 Å². The molecular formula is C15H25N3O3. The van der Waals surface area contributed by atoms with Crippen LogP contribution in [-0.2, 0) is 16.0 Å². The van der Waals surface area contributed by atoms with Gasteiger partial charge in [-0.1, -0.05) is 5.16 Å². The topological polar surface area (TPSA) is 51.0 Å². The van der Waals surface area contributed by atoms with Crippen molar-refractivity contribution < 1.29 is 14.0 Å². The van der Waals surface area contributed by atoms with Crippen molar-refractivity contribution in [3.8, 4) is 0 Å². The average molecular weight is 295 g/mol. The Labute approximate surface area is 126 Å². The highest BCUT2D eigenvalue weighted by atomic mass is 16.5. The molecule has 0 N–H and O–H groups in total. The third-order valence-electron chi connectivity index (χ3n) is 4.65. The Morgan fingerprint density at radius 3 is 2.90 bits per heavy atom. The molecule has 0 aliphatic carbocycles. The van der Waals surface area contributed by atoms with Crippen molar-refractivity contribution in [2.24, 2.45) is 0 Å². The van der Waals surface area contributed by atoms with Gasteiger partial charge >= 0.3 is 0 Å². The van der Waals surface area contributed by atoms with Crippen molar-refractivity contribution in [1.82, 2.24) is 15.0 Å². The number of ether oxygens (including phenoxy) is 2. The fourth-order valence-corrected chi connectivity index (χ4v) is 3.36. The van der Waals surface area contributed by atoms with E-state index in [9.17, 15) is 0 Å². The van der Waals surface area contributed by atoms with E-state index in [0.717, 1.165) is 57.4 Å². The maximum absolute atomic E-state index is 5.96. The molecule has 2 aliphatic heterocycles. The van der Waals surface area contributed by atoms with Gasteiger partial charge in [-0.2, -0.15) is 0 Å². The predicted molar refractivity (Wildman–Crippen MR) is 78.2 cm³/mol. The highest BCUT2D eigenvalue weighted by molar-refractivity contribution is 5.21. The summed E-state index contributed by atoms with van der Waals surface area (Å²) in [5.74, 6) is 0.935. The molecule has 3 heterocycles. The van der Waals surface area contributed by atoms with Crippen LogP contribution >= 0.6 is 0 Å². The van der Waals surface area contributed by atoms with Crippen LogP contribution in [0.25, 0.3) is 0 Å². The van der Waals surface area contributed by atoms with Gasteiger partial charge in [0.25, 0.3) is 0 Å². The van der Waals surface area contributed by atoms with Gasteiger partial charge in [0.1, 0.15) is 5.76 Å². The van der Waals surface area contributed by atoms with Crippen molar-refractivity contribution >= 4 is 0 Å². The molecule has 0 radical (unpaired) electrons. The van der Waals surface area contributed by atoms with Gasteiger partial charge in [0.15, 0.2) is 0 Å². The summed E-state index contributed by atoms with van der Waals surface area (Å²) >= 11 is 0. The fourth-order valence-electron chi connectivity index (χ4n) is 3.36. The van der Waals surface area contributed by atoms with E-state index in [0.29, 0.717) is 12.1 Å². The van der Waals surface area contributed by atoms with Crippen LogP contribution in [0.4, 0.5) is 0 Å². The second-order valence-electron chi connectivity index (χ2n) is 6.00. The van der Waals surface area contributed by atoms with Gasteiger partial charge in [0.2, 0.25) is 0 Å². The minimum Gasteiger partial charge on any atom is -0.383 e. The number of likely N-dealkylation sites (tertiary alicyclic amines) is 1. The van der Waals surface area contributed by atoms with E-state index in [1.54, 1.807) is 7.11 Å². The maximum Gasteiger partial charge on any atom is 0.138 e. The number of hydrogen-bond acceptors (Lipinski definition) is 6. The first kappa shape index (κ1) is 15.0. The summed E-state index contributed by atoms with van der Waals surface area (Å²) < 4.78 is 16.4. The molecule has 0 saturated carbocycles. The van der Waals surface area contributed by atoms with Crippen molar-refractivity contribution in [2.75, 3.05) is 46.5 Å². The summed E-state index contributed by atoms with van der Waals surface area (Å²) in [5.41, 5.74) is 2.23. The lowest BCUT2D eigenvalue weighted by Gasteiger charge is -2.36. The summed E-state index contributed by atoms with van der Waals surface area (Å²) in [6.45, 7) is 10.5. The van der Waals surface area contributed by atoms with Crippen molar-refractivity contribution in [3.63, 3.8) is 0 Å². The Kier molecular flexibility index (Phi) is 4.59. The first-order valence-corrected chi connectivity index (χ1v) is 7.67. The SMILES string of the molecule is COCCN1C[C@@H]2OCCN(Cc3c(C)noc3C)[C@@H]2C1. The second kappa shape index (κ2) is 6.44. The molecular weight excluding hydrogens is 270 g/mol. The smallest absolute Gasteiger partial charge is 0.138 e. The Morgan fingerprint density at radius 2 is 2.19 bits per heavy atom. The highest BCUT2D eigenvalue weighted by Gasteiger charge is 2.40. The van der Waals surface area contributed by atoms with E-state index < -0.39 is 0 Å². The van der Waals surface area contributed by atoms with Crippen molar-refractivity contribution in [2.45, 2.75) is 32.5 Å². The number of aromatic nitrogens is 1. The normalized spacial score (nSPS) is 27.2. The number of methoxy groups -OCH3 is 1. The van der Waals surface area contributed by atoms with Gasteiger partial charge in [-0.3, -0.25) is 9.80 Å². The van der Waals surface area contributed by atoms with Gasteiger partial charge < -0.3 is 14.0 Å². The van der Waals surface area contributed by atoms with E-state index in [2.05, 4.69) is 15.0 Å². The van der Waals surface area contributed by atoms with Crippen LogP contribution in [0, 0.1) is 13.8 Å². The Morgan fingerprint density at radius 1 is 1.33 bits per heavy atom. The van der Waals surface area contributed by atoms with Crippen molar-refractivity contribution in [1.29, 1.82) is 0 Å². The second-order valence-corrected chi connectivity index (χ2v) is 6.00. The first-order valence-electron chi connectivity index (χ1n) is 7.67. The van der Waals surface area contributed by atoms with E-state index in [4.69, 9.17) is 14.0 Å². The maximum atomic E-state index is 5.96. The van der Waals surface area contributed by atoms with Gasteiger partial charge in [-0.15, -0.1) is 0 Å². The third kappa shape index (κ3) is 3.13. The molecule has 6 nitrogen and oxygen atoms in total. The van der Waals surface area contributed by atoms with Gasteiger partial charge in [0, 0.05) is 45.4 Å². The standard InChI is InChI=1S/C15H25N3O3/c1-11-13(12(2)21-16-11)8-18-5-7-20-15-10-17(4-6-19-3)9-14(15)18/h14-15H,4-10H2,1-3H3/t14-,15+/m1/s1. The summed E-state index contributed by atoms with van der Waals surface area (Å²) in [5, 5.41) is 4.06. The molecule has 6 heteroatoms. The average Bonchev–Trinajstić information content (AvgIpc) is 3.03. The molecule has 1 aromatic heterocycles. The Hall–Kier alpha value is -0.950. The largest absolute Gasteiger partial charge is 0.383 e. The highest BCUT2D eigenvalue weighted by Crippen LogP contribution is 2.26. The molecule has 2 atom stereocenters. The van der Waals surface area contributed by atoms with E-state index >= 15 is 0 Å². The number of hydrogen-bond donors (Lipinski definition) is 0. The third-order valence-corrected chi connectivity index (χ3v) is 4.65. The predicted octanol–water partition coefficient (Wildman–Crippen LogP) is 0.823. The van der Waals surface area contributed by atoms with E-state index in [1.807, 2.05) is 13.8 Å². The molecule has 2 saturated heterocycles. The number of fused-ring (bicyclic) bond motifs is 1. The molecule has 0 amide bonds. The van der Waals surface area contributed by atoms with E-state index in [-0.39, 0.29) is 0 Å². The van der Waals surface area contributed by atoms with Crippen LogP contribution in [0.1, 0.15) is 17.0 Å². The zero-order valence-electron chi connectivity index (χ0n) is 13.2. The molecule has 2 aliphatic rings. The number of morpholine rings is 1. The van der Waals surface area contributed by atoms with Crippen LogP contribution in [0.15, 0.2) is 4.52 Å². The van der Waals surface area contributed by atoms with Crippen LogP contribution in [0.3, 0.4) is 0 Å². The molecule has 0 unspecified atom stereocenters. The summed E-state index contributed by atoms with van der Waals surface area (Å²) in [6, 6.07) is 0.462. The molecule has 118 valence electrons. The van der Waals surface area contributed by atoms with Crippen LogP contribution in [0.2, 0.25) is 0 Å². The molecule has 2 fully saturated rings. The van der Waals surface area contributed by atoms with Gasteiger partial charge in [0.05, 0.1) is 31.1 Å². The number of rotatable bonds is 5. The monoisotopic (exact) mass is 295 g/mol. The van der Waals surface area contributed by atoms with E-state index in [1.165, 1.54) is 5.56 Å². The molecule has 0 spiro atoms. The molecule has 21 heavy (non-hydrogen) atoms. The first-order chi connectivity index (χ1) is 10.2. The molecule has 1 aromatic rings. The fraction of sp³-hybridized carbons (Fsp3) is 0.800. The minimum absolute atomic E-state index is 0.316. The van der Waals surface area contributed by atoms with Crippen LogP contribution in [-0.4, -0.2) is 73.6 Å². The Bertz CT molecular complexity index is 457. The molecule has 0 bridgehead atoms. The van der Waals surface area contributed by atoms with Gasteiger partial charge in [-0.25, -0.2) is 0 Å². The Balaban J connectivity index is 1.66.